The monoisotopic (exact) mass is 376 g/mol. The van der Waals surface area contributed by atoms with Crippen molar-refractivity contribution in [1.29, 1.82) is 0 Å². The second-order valence-corrected chi connectivity index (χ2v) is 7.21. The molecule has 0 unspecified atom stereocenters. The van der Waals surface area contributed by atoms with E-state index in [1.54, 1.807) is 12.3 Å². The Balaban J connectivity index is 1.70. The molecule has 1 aromatic heterocycles. The zero-order valence-electron chi connectivity index (χ0n) is 16.2. The van der Waals surface area contributed by atoms with Crippen LogP contribution in [0.3, 0.4) is 0 Å². The lowest BCUT2D eigenvalue weighted by molar-refractivity contribution is 0.0931. The maximum absolute atomic E-state index is 13.0. The quantitative estimate of drug-likeness (QED) is 0.754. The molecule has 0 saturated heterocycles. The average molecular weight is 376 g/mol. The van der Waals surface area contributed by atoms with Gasteiger partial charge in [0.05, 0.1) is 23.6 Å². The average Bonchev–Trinajstić information content (AvgIpc) is 2.71. The summed E-state index contributed by atoms with van der Waals surface area (Å²) in [6.45, 7) is 2.42. The molecule has 0 bridgehead atoms. The number of rotatable bonds is 4. The van der Waals surface area contributed by atoms with Gasteiger partial charge in [-0.15, -0.1) is 0 Å². The van der Waals surface area contributed by atoms with Gasteiger partial charge >= 0.3 is 0 Å². The Labute approximate surface area is 163 Å². The number of hydrogen-bond donors (Lipinski definition) is 1. The Morgan fingerprint density at radius 1 is 1.25 bits per heavy atom. The van der Waals surface area contributed by atoms with Crippen LogP contribution < -0.4 is 15.5 Å². The lowest BCUT2D eigenvalue weighted by atomic mass is 9.87. The van der Waals surface area contributed by atoms with Gasteiger partial charge in [-0.1, -0.05) is 24.3 Å². The van der Waals surface area contributed by atoms with Gasteiger partial charge in [0, 0.05) is 13.2 Å². The molecule has 4 rings (SSSR count). The van der Waals surface area contributed by atoms with Gasteiger partial charge in [-0.2, -0.15) is 0 Å². The van der Waals surface area contributed by atoms with Gasteiger partial charge < -0.3 is 14.6 Å². The third kappa shape index (κ3) is 3.28. The zero-order chi connectivity index (χ0) is 19.7. The Morgan fingerprint density at radius 3 is 2.89 bits per heavy atom. The molecular formula is C23H24N2O3. The molecule has 1 N–H and O–H groups in total. The van der Waals surface area contributed by atoms with Gasteiger partial charge in [-0.05, 0) is 55.5 Å². The highest BCUT2D eigenvalue weighted by Gasteiger charge is 2.23. The fraction of sp³-hybridized carbons (Fsp3) is 0.304. The number of ether oxygens (including phenoxy) is 1. The normalized spacial score (nSPS) is 15.9. The first kappa shape index (κ1) is 18.3. The van der Waals surface area contributed by atoms with Crippen molar-refractivity contribution in [2.45, 2.75) is 32.2 Å². The highest BCUT2D eigenvalue weighted by atomic mass is 16.5. The number of amides is 1. The van der Waals surface area contributed by atoms with Gasteiger partial charge in [0.1, 0.15) is 11.3 Å². The van der Waals surface area contributed by atoms with Crippen LogP contribution in [-0.4, -0.2) is 17.1 Å². The van der Waals surface area contributed by atoms with Gasteiger partial charge in [-0.25, -0.2) is 0 Å². The van der Waals surface area contributed by atoms with Crippen molar-refractivity contribution in [2.75, 3.05) is 6.61 Å². The second kappa shape index (κ2) is 7.50. The lowest BCUT2D eigenvalue weighted by Gasteiger charge is -2.26. The van der Waals surface area contributed by atoms with Crippen LogP contribution in [0.25, 0.3) is 10.9 Å². The molecule has 144 valence electrons. The van der Waals surface area contributed by atoms with E-state index >= 15 is 0 Å². The van der Waals surface area contributed by atoms with Crippen molar-refractivity contribution in [3.63, 3.8) is 0 Å². The van der Waals surface area contributed by atoms with Crippen molar-refractivity contribution in [3.8, 4) is 5.75 Å². The molecule has 0 saturated carbocycles. The maximum atomic E-state index is 13.0. The van der Waals surface area contributed by atoms with Gasteiger partial charge in [0.15, 0.2) is 0 Å². The van der Waals surface area contributed by atoms with Crippen LogP contribution in [0.4, 0.5) is 0 Å². The Morgan fingerprint density at radius 2 is 2.07 bits per heavy atom. The number of benzene rings is 2. The van der Waals surface area contributed by atoms with E-state index < -0.39 is 0 Å². The van der Waals surface area contributed by atoms with Gasteiger partial charge in [-0.3, -0.25) is 9.59 Å². The standard InChI is InChI=1S/C23H24N2O3/c1-3-28-16-11-12-21-18(13-16)22(26)19(14-25(21)2)23(27)24-20-10-6-8-15-7-4-5-9-17(15)20/h4-5,7,9,11-14,20H,3,6,8,10H2,1-2H3,(H,24,27)/t20-/m1/s1. The molecule has 5 heteroatoms. The summed E-state index contributed by atoms with van der Waals surface area (Å²) < 4.78 is 7.34. The molecule has 0 fully saturated rings. The zero-order valence-corrected chi connectivity index (χ0v) is 16.2. The van der Waals surface area contributed by atoms with Crippen LogP contribution in [0.15, 0.2) is 53.5 Å². The minimum absolute atomic E-state index is 0.0624. The van der Waals surface area contributed by atoms with E-state index in [2.05, 4.69) is 17.4 Å². The molecule has 0 radical (unpaired) electrons. The molecule has 28 heavy (non-hydrogen) atoms. The maximum Gasteiger partial charge on any atom is 0.257 e. The topological polar surface area (TPSA) is 60.3 Å². The van der Waals surface area contributed by atoms with E-state index in [9.17, 15) is 9.59 Å². The number of nitrogens with one attached hydrogen (secondary N) is 1. The molecule has 1 aliphatic carbocycles. The van der Waals surface area contributed by atoms with Crippen molar-refractivity contribution < 1.29 is 9.53 Å². The molecule has 5 nitrogen and oxygen atoms in total. The Bertz CT molecular complexity index is 1100. The van der Waals surface area contributed by atoms with Crippen molar-refractivity contribution >= 4 is 16.8 Å². The largest absolute Gasteiger partial charge is 0.494 e. The van der Waals surface area contributed by atoms with Crippen LogP contribution in [-0.2, 0) is 13.5 Å². The predicted molar refractivity (Wildman–Crippen MR) is 110 cm³/mol. The summed E-state index contributed by atoms with van der Waals surface area (Å²) in [7, 11) is 1.84. The first-order chi connectivity index (χ1) is 13.6. The summed E-state index contributed by atoms with van der Waals surface area (Å²) in [6, 6.07) is 13.5. The molecule has 1 aliphatic rings. The van der Waals surface area contributed by atoms with Gasteiger partial charge in [0.25, 0.3) is 5.91 Å². The second-order valence-electron chi connectivity index (χ2n) is 7.21. The Hall–Kier alpha value is -3.08. The number of aryl methyl sites for hydroxylation is 2. The molecule has 1 heterocycles. The highest BCUT2D eigenvalue weighted by Crippen LogP contribution is 2.29. The van der Waals surface area contributed by atoms with E-state index in [4.69, 9.17) is 4.74 Å². The minimum Gasteiger partial charge on any atom is -0.494 e. The summed E-state index contributed by atoms with van der Waals surface area (Å²) in [5.74, 6) is 0.303. The van der Waals surface area contributed by atoms with Crippen molar-refractivity contribution in [3.05, 3.63) is 75.6 Å². The number of fused-ring (bicyclic) bond motifs is 2. The fourth-order valence-corrected chi connectivity index (χ4v) is 4.03. The minimum atomic E-state index is -0.328. The number of carbonyl (C=O) groups excluding carboxylic acids is 1. The van der Waals surface area contributed by atoms with E-state index in [-0.39, 0.29) is 22.9 Å². The molecule has 3 aromatic rings. The number of hydrogen-bond acceptors (Lipinski definition) is 3. The lowest BCUT2D eigenvalue weighted by Crippen LogP contribution is -2.34. The molecule has 1 amide bonds. The van der Waals surface area contributed by atoms with E-state index in [0.29, 0.717) is 17.7 Å². The Kier molecular flexibility index (Phi) is 4.90. The molecule has 1 atom stereocenters. The van der Waals surface area contributed by atoms with Crippen LogP contribution in [0.2, 0.25) is 0 Å². The molecule has 0 aliphatic heterocycles. The summed E-state index contributed by atoms with van der Waals surface area (Å²) >= 11 is 0. The summed E-state index contributed by atoms with van der Waals surface area (Å²) in [5.41, 5.74) is 3.08. The van der Waals surface area contributed by atoms with Crippen molar-refractivity contribution in [1.82, 2.24) is 9.88 Å². The van der Waals surface area contributed by atoms with Crippen LogP contribution >= 0.6 is 0 Å². The molecule has 0 spiro atoms. The fourth-order valence-electron chi connectivity index (χ4n) is 4.03. The number of carbonyl (C=O) groups is 1. The van der Waals surface area contributed by atoms with Gasteiger partial charge in [0.2, 0.25) is 5.43 Å². The van der Waals surface area contributed by atoms with E-state index in [0.717, 1.165) is 30.3 Å². The first-order valence-corrected chi connectivity index (χ1v) is 9.73. The smallest absolute Gasteiger partial charge is 0.257 e. The van der Waals surface area contributed by atoms with Crippen LogP contribution in [0.1, 0.15) is 47.3 Å². The van der Waals surface area contributed by atoms with E-state index in [1.807, 2.05) is 42.8 Å². The number of pyridine rings is 1. The predicted octanol–water partition coefficient (Wildman–Crippen LogP) is 3.74. The summed E-state index contributed by atoms with van der Waals surface area (Å²) in [5, 5.41) is 3.57. The number of aromatic nitrogens is 1. The summed E-state index contributed by atoms with van der Waals surface area (Å²) in [6.07, 6.45) is 4.55. The molecular weight excluding hydrogens is 352 g/mol. The summed E-state index contributed by atoms with van der Waals surface area (Å²) in [4.78, 5) is 26.0. The van der Waals surface area contributed by atoms with Crippen LogP contribution in [0, 0.1) is 0 Å². The van der Waals surface area contributed by atoms with Crippen molar-refractivity contribution in [2.24, 2.45) is 7.05 Å². The number of nitrogens with zero attached hydrogens (tertiary/aromatic N) is 1. The third-order valence-electron chi connectivity index (χ3n) is 5.39. The third-order valence-corrected chi connectivity index (χ3v) is 5.39. The van der Waals surface area contributed by atoms with E-state index in [1.165, 1.54) is 5.56 Å². The SMILES string of the molecule is CCOc1ccc2c(c1)c(=O)c(C(=O)N[C@@H]1CCCc3ccccc31)cn2C. The van der Waals surface area contributed by atoms with Crippen LogP contribution in [0.5, 0.6) is 5.75 Å². The molecule has 2 aromatic carbocycles. The highest BCUT2D eigenvalue weighted by molar-refractivity contribution is 5.97. The first-order valence-electron chi connectivity index (χ1n) is 9.73.